The Balaban J connectivity index is 2.19. The zero-order valence-corrected chi connectivity index (χ0v) is 13.3. The van der Waals surface area contributed by atoms with Crippen LogP contribution in [0, 0.1) is 0 Å². The highest BCUT2D eigenvalue weighted by atomic mass is 79.9. The van der Waals surface area contributed by atoms with Crippen molar-refractivity contribution in [3.05, 3.63) is 58.3 Å². The highest BCUT2D eigenvalue weighted by Gasteiger charge is 2.17. The fourth-order valence-electron chi connectivity index (χ4n) is 2.25. The van der Waals surface area contributed by atoms with Crippen LogP contribution in [-0.4, -0.2) is 10.1 Å². The molecule has 2 N–H and O–H groups in total. The average Bonchev–Trinajstić information content (AvgIpc) is 2.48. The number of halogens is 1. The van der Waals surface area contributed by atoms with E-state index in [4.69, 9.17) is 0 Å². The van der Waals surface area contributed by atoms with Gasteiger partial charge in [0.1, 0.15) is 5.75 Å². The van der Waals surface area contributed by atoms with Gasteiger partial charge in [-0.05, 0) is 43.7 Å². The second-order valence-corrected chi connectivity index (χ2v) is 5.72. The van der Waals surface area contributed by atoms with Gasteiger partial charge >= 0.3 is 0 Å². The Morgan fingerprint density at radius 2 is 2.10 bits per heavy atom. The summed E-state index contributed by atoms with van der Waals surface area (Å²) in [5.41, 5.74) is 1.91. The minimum Gasteiger partial charge on any atom is -0.508 e. The Hall–Kier alpha value is -1.39. The highest BCUT2D eigenvalue weighted by Crippen LogP contribution is 2.30. The van der Waals surface area contributed by atoms with Crippen molar-refractivity contribution in [2.75, 3.05) is 0 Å². The van der Waals surface area contributed by atoms with Crippen LogP contribution in [0.15, 0.2) is 47.1 Å². The van der Waals surface area contributed by atoms with E-state index in [1.165, 1.54) is 0 Å². The molecular formula is C16H19BrN2O. The first kappa shape index (κ1) is 15.0. The number of aromatic nitrogens is 1. The molecule has 0 aliphatic carbocycles. The molecule has 1 aromatic carbocycles. The van der Waals surface area contributed by atoms with E-state index in [1.54, 1.807) is 12.3 Å². The summed E-state index contributed by atoms with van der Waals surface area (Å²) in [6.45, 7) is 4.18. The van der Waals surface area contributed by atoms with Gasteiger partial charge in [0.2, 0.25) is 0 Å². The molecule has 4 heteroatoms. The summed E-state index contributed by atoms with van der Waals surface area (Å²) in [4.78, 5) is 4.37. The lowest BCUT2D eigenvalue weighted by atomic mass is 10.0. The van der Waals surface area contributed by atoms with Crippen molar-refractivity contribution in [3.8, 4) is 5.75 Å². The summed E-state index contributed by atoms with van der Waals surface area (Å²) in [5.74, 6) is 0.320. The Kier molecular flexibility index (Phi) is 5.15. The average molecular weight is 335 g/mol. The first-order valence-corrected chi connectivity index (χ1v) is 7.56. The summed E-state index contributed by atoms with van der Waals surface area (Å²) < 4.78 is 0.969. The maximum Gasteiger partial charge on any atom is 0.120 e. The first-order valence-electron chi connectivity index (χ1n) is 6.77. The van der Waals surface area contributed by atoms with E-state index >= 15 is 0 Å². The molecule has 2 aromatic rings. The number of nitrogens with zero attached hydrogens (tertiary/aromatic N) is 1. The van der Waals surface area contributed by atoms with Crippen LogP contribution in [0.3, 0.4) is 0 Å². The molecule has 0 spiro atoms. The van der Waals surface area contributed by atoms with E-state index in [0.717, 1.165) is 22.2 Å². The third-order valence-electron chi connectivity index (χ3n) is 3.36. The molecule has 0 bridgehead atoms. The predicted octanol–water partition coefficient (Wildman–Crippen LogP) is 4.35. The number of phenolic OH excluding ortho intramolecular Hbond substituents is 1. The fraction of sp³-hybridized carbons (Fsp3) is 0.312. The van der Waals surface area contributed by atoms with Gasteiger partial charge in [0.25, 0.3) is 0 Å². The molecule has 0 aliphatic heterocycles. The Morgan fingerprint density at radius 1 is 1.30 bits per heavy atom. The summed E-state index contributed by atoms with van der Waals surface area (Å²) in [5, 5.41) is 13.6. The summed E-state index contributed by atoms with van der Waals surface area (Å²) in [7, 11) is 0. The predicted molar refractivity (Wildman–Crippen MR) is 84.6 cm³/mol. The lowest BCUT2D eigenvalue weighted by molar-refractivity contribution is 0.416. The molecule has 0 amide bonds. The Labute approximate surface area is 128 Å². The SMILES string of the molecule is CCC(N[C@@H](C)c1ccccn1)c1cc(Br)ccc1O. The van der Waals surface area contributed by atoms with Crippen LogP contribution in [0.25, 0.3) is 0 Å². The first-order chi connectivity index (χ1) is 9.61. The van der Waals surface area contributed by atoms with Crippen molar-refractivity contribution in [3.63, 3.8) is 0 Å². The van der Waals surface area contributed by atoms with Crippen LogP contribution in [-0.2, 0) is 0 Å². The van der Waals surface area contributed by atoms with Gasteiger partial charge in [-0.1, -0.05) is 28.9 Å². The molecule has 0 fully saturated rings. The van der Waals surface area contributed by atoms with Gasteiger partial charge < -0.3 is 10.4 Å². The molecule has 1 unspecified atom stereocenters. The van der Waals surface area contributed by atoms with Crippen LogP contribution in [0.2, 0.25) is 0 Å². The normalized spacial score (nSPS) is 13.9. The number of aromatic hydroxyl groups is 1. The largest absolute Gasteiger partial charge is 0.508 e. The van der Waals surface area contributed by atoms with Crippen molar-refractivity contribution in [2.45, 2.75) is 32.4 Å². The zero-order chi connectivity index (χ0) is 14.5. The van der Waals surface area contributed by atoms with Gasteiger partial charge in [0.05, 0.1) is 5.69 Å². The smallest absolute Gasteiger partial charge is 0.120 e. The van der Waals surface area contributed by atoms with Crippen LogP contribution < -0.4 is 5.32 Å². The van der Waals surface area contributed by atoms with Gasteiger partial charge in [-0.15, -0.1) is 0 Å². The monoisotopic (exact) mass is 334 g/mol. The van der Waals surface area contributed by atoms with E-state index < -0.39 is 0 Å². The molecule has 1 aromatic heterocycles. The van der Waals surface area contributed by atoms with Crippen LogP contribution in [0.1, 0.15) is 43.6 Å². The number of rotatable bonds is 5. The molecule has 0 radical (unpaired) electrons. The van der Waals surface area contributed by atoms with E-state index in [0.29, 0.717) is 5.75 Å². The molecular weight excluding hydrogens is 316 g/mol. The van der Waals surface area contributed by atoms with Gasteiger partial charge in [-0.25, -0.2) is 0 Å². The number of nitrogens with one attached hydrogen (secondary N) is 1. The Bertz CT molecular complexity index is 560. The molecule has 3 nitrogen and oxygen atoms in total. The second-order valence-electron chi connectivity index (χ2n) is 4.81. The molecule has 0 saturated heterocycles. The van der Waals surface area contributed by atoms with Crippen LogP contribution in [0.5, 0.6) is 5.75 Å². The van der Waals surface area contributed by atoms with Crippen molar-refractivity contribution in [1.29, 1.82) is 0 Å². The van der Waals surface area contributed by atoms with Crippen molar-refractivity contribution in [2.24, 2.45) is 0 Å². The summed E-state index contributed by atoms with van der Waals surface area (Å²) >= 11 is 3.45. The lowest BCUT2D eigenvalue weighted by Crippen LogP contribution is -2.25. The minimum absolute atomic E-state index is 0.0875. The van der Waals surface area contributed by atoms with Gasteiger partial charge in [0.15, 0.2) is 0 Å². The summed E-state index contributed by atoms with van der Waals surface area (Å²) in [6, 6.07) is 11.6. The zero-order valence-electron chi connectivity index (χ0n) is 11.7. The second kappa shape index (κ2) is 6.86. The minimum atomic E-state index is 0.0875. The standard InChI is InChI=1S/C16H19BrN2O/c1-3-14(13-10-12(17)7-8-16(13)20)19-11(2)15-6-4-5-9-18-15/h4-11,14,19-20H,3H2,1-2H3/t11-,14?/m0/s1. The number of hydrogen-bond donors (Lipinski definition) is 2. The quantitative estimate of drug-likeness (QED) is 0.854. The Morgan fingerprint density at radius 3 is 2.75 bits per heavy atom. The number of phenols is 1. The highest BCUT2D eigenvalue weighted by molar-refractivity contribution is 9.10. The molecule has 106 valence electrons. The maximum atomic E-state index is 10.0. The molecule has 0 aliphatic rings. The number of benzene rings is 1. The summed E-state index contributed by atoms with van der Waals surface area (Å²) in [6.07, 6.45) is 2.69. The van der Waals surface area contributed by atoms with Crippen molar-refractivity contribution < 1.29 is 5.11 Å². The van der Waals surface area contributed by atoms with Crippen molar-refractivity contribution in [1.82, 2.24) is 10.3 Å². The molecule has 1 heterocycles. The molecule has 2 atom stereocenters. The number of hydrogen-bond acceptors (Lipinski definition) is 3. The fourth-order valence-corrected chi connectivity index (χ4v) is 2.63. The number of pyridine rings is 1. The van der Waals surface area contributed by atoms with Gasteiger partial charge in [-0.2, -0.15) is 0 Å². The third-order valence-corrected chi connectivity index (χ3v) is 3.85. The third kappa shape index (κ3) is 3.58. The van der Waals surface area contributed by atoms with Gasteiger partial charge in [0, 0.05) is 28.3 Å². The van der Waals surface area contributed by atoms with E-state index in [2.05, 4.69) is 40.1 Å². The van der Waals surface area contributed by atoms with Crippen molar-refractivity contribution >= 4 is 15.9 Å². The van der Waals surface area contributed by atoms with E-state index in [1.807, 2.05) is 30.3 Å². The molecule has 2 rings (SSSR count). The lowest BCUT2D eigenvalue weighted by Gasteiger charge is -2.23. The molecule has 0 saturated carbocycles. The van der Waals surface area contributed by atoms with E-state index in [-0.39, 0.29) is 12.1 Å². The topological polar surface area (TPSA) is 45.2 Å². The van der Waals surface area contributed by atoms with Crippen LogP contribution in [0.4, 0.5) is 0 Å². The van der Waals surface area contributed by atoms with Gasteiger partial charge in [-0.3, -0.25) is 4.98 Å². The van der Waals surface area contributed by atoms with E-state index in [9.17, 15) is 5.11 Å². The maximum absolute atomic E-state index is 10.0. The molecule has 20 heavy (non-hydrogen) atoms. The van der Waals surface area contributed by atoms with Crippen LogP contribution >= 0.6 is 15.9 Å².